The summed E-state index contributed by atoms with van der Waals surface area (Å²) in [6.45, 7) is 8.47. The van der Waals surface area contributed by atoms with Gasteiger partial charge in [-0.05, 0) is 42.7 Å². The van der Waals surface area contributed by atoms with Crippen LogP contribution in [0.1, 0.15) is 36.1 Å². The average molecular weight is 240 g/mol. The molecule has 0 saturated heterocycles. The molecule has 0 saturated carbocycles. The van der Waals surface area contributed by atoms with E-state index in [0.717, 1.165) is 11.1 Å². The van der Waals surface area contributed by atoms with E-state index in [1.807, 2.05) is 13.0 Å². The van der Waals surface area contributed by atoms with Crippen LogP contribution < -0.4 is 0 Å². The van der Waals surface area contributed by atoms with Crippen LogP contribution in [-0.2, 0) is 5.41 Å². The van der Waals surface area contributed by atoms with Crippen molar-refractivity contribution in [3.8, 4) is 5.75 Å². The SMILES string of the molecule is Cc1ccc(C(C)(C)c2cc(C)cc(O)c2)cc1. The van der Waals surface area contributed by atoms with Crippen LogP contribution in [0.2, 0.25) is 0 Å². The van der Waals surface area contributed by atoms with E-state index in [9.17, 15) is 5.11 Å². The predicted octanol–water partition coefficient (Wildman–Crippen LogP) is 4.33. The smallest absolute Gasteiger partial charge is 0.116 e. The van der Waals surface area contributed by atoms with Crippen molar-refractivity contribution in [3.05, 3.63) is 64.7 Å². The number of rotatable bonds is 2. The highest BCUT2D eigenvalue weighted by Gasteiger charge is 2.23. The Bertz CT molecular complexity index is 530. The lowest BCUT2D eigenvalue weighted by molar-refractivity contribution is 0.472. The van der Waals surface area contributed by atoms with Crippen molar-refractivity contribution in [2.45, 2.75) is 33.1 Å². The van der Waals surface area contributed by atoms with Gasteiger partial charge in [0.05, 0.1) is 0 Å². The van der Waals surface area contributed by atoms with Gasteiger partial charge < -0.3 is 5.11 Å². The quantitative estimate of drug-likeness (QED) is 0.828. The first kappa shape index (κ1) is 12.7. The Morgan fingerprint density at radius 2 is 1.39 bits per heavy atom. The van der Waals surface area contributed by atoms with Crippen LogP contribution in [-0.4, -0.2) is 5.11 Å². The van der Waals surface area contributed by atoms with Crippen molar-refractivity contribution >= 4 is 0 Å². The first-order chi connectivity index (χ1) is 8.39. The Morgan fingerprint density at radius 3 is 1.94 bits per heavy atom. The molecule has 0 fully saturated rings. The van der Waals surface area contributed by atoms with Gasteiger partial charge in [-0.1, -0.05) is 49.7 Å². The number of benzene rings is 2. The Hall–Kier alpha value is -1.76. The normalized spacial score (nSPS) is 11.6. The monoisotopic (exact) mass is 240 g/mol. The highest BCUT2D eigenvalue weighted by Crippen LogP contribution is 2.33. The minimum Gasteiger partial charge on any atom is -0.508 e. The summed E-state index contributed by atoms with van der Waals surface area (Å²) in [7, 11) is 0. The van der Waals surface area contributed by atoms with E-state index in [4.69, 9.17) is 0 Å². The van der Waals surface area contributed by atoms with Gasteiger partial charge in [0, 0.05) is 5.41 Å². The summed E-state index contributed by atoms with van der Waals surface area (Å²) in [5.74, 6) is 0.338. The largest absolute Gasteiger partial charge is 0.508 e. The molecule has 2 aromatic rings. The molecule has 94 valence electrons. The molecule has 0 aliphatic carbocycles. The molecule has 1 heteroatoms. The van der Waals surface area contributed by atoms with Gasteiger partial charge in [0.1, 0.15) is 5.75 Å². The summed E-state index contributed by atoms with van der Waals surface area (Å²) in [6.07, 6.45) is 0. The van der Waals surface area contributed by atoms with Gasteiger partial charge in [0.15, 0.2) is 0 Å². The zero-order valence-corrected chi connectivity index (χ0v) is 11.5. The summed E-state index contributed by atoms with van der Waals surface area (Å²) in [5, 5.41) is 9.75. The van der Waals surface area contributed by atoms with E-state index >= 15 is 0 Å². The first-order valence-electron chi connectivity index (χ1n) is 6.28. The fourth-order valence-corrected chi connectivity index (χ4v) is 2.26. The fourth-order valence-electron chi connectivity index (χ4n) is 2.26. The minimum atomic E-state index is -0.100. The lowest BCUT2D eigenvalue weighted by Crippen LogP contribution is -2.18. The molecule has 0 aliphatic heterocycles. The highest BCUT2D eigenvalue weighted by atomic mass is 16.3. The highest BCUT2D eigenvalue weighted by molar-refractivity contribution is 5.43. The predicted molar refractivity (Wildman–Crippen MR) is 76.2 cm³/mol. The summed E-state index contributed by atoms with van der Waals surface area (Å²) in [5.41, 5.74) is 4.66. The molecule has 2 aromatic carbocycles. The van der Waals surface area contributed by atoms with E-state index in [1.54, 1.807) is 6.07 Å². The molecule has 0 aliphatic rings. The van der Waals surface area contributed by atoms with Crippen molar-refractivity contribution < 1.29 is 5.11 Å². The second-order valence-electron chi connectivity index (χ2n) is 5.55. The van der Waals surface area contributed by atoms with Crippen LogP contribution >= 0.6 is 0 Å². The Kier molecular flexibility index (Phi) is 3.16. The standard InChI is InChI=1S/C17H20O/c1-12-5-7-14(8-6-12)17(3,4)15-9-13(2)10-16(18)11-15/h5-11,18H,1-4H3. The molecule has 0 aromatic heterocycles. The molecule has 0 spiro atoms. The van der Waals surface area contributed by atoms with E-state index in [2.05, 4.69) is 51.1 Å². The second kappa shape index (κ2) is 4.49. The van der Waals surface area contributed by atoms with Gasteiger partial charge >= 0.3 is 0 Å². The third-order valence-electron chi connectivity index (χ3n) is 3.56. The summed E-state index contributed by atoms with van der Waals surface area (Å²) >= 11 is 0. The molecule has 1 N–H and O–H groups in total. The molecule has 0 unspecified atom stereocenters. The molecule has 0 bridgehead atoms. The molecular formula is C17H20O. The van der Waals surface area contributed by atoms with Crippen LogP contribution in [0.3, 0.4) is 0 Å². The van der Waals surface area contributed by atoms with Crippen LogP contribution in [0.4, 0.5) is 0 Å². The number of phenols is 1. The Labute approximate surface area is 109 Å². The summed E-state index contributed by atoms with van der Waals surface area (Å²) in [4.78, 5) is 0. The van der Waals surface area contributed by atoms with E-state index in [1.165, 1.54) is 11.1 Å². The van der Waals surface area contributed by atoms with E-state index in [-0.39, 0.29) is 5.41 Å². The van der Waals surface area contributed by atoms with Crippen LogP contribution in [0, 0.1) is 13.8 Å². The van der Waals surface area contributed by atoms with Gasteiger partial charge in [-0.15, -0.1) is 0 Å². The van der Waals surface area contributed by atoms with Crippen LogP contribution in [0.5, 0.6) is 5.75 Å². The third kappa shape index (κ3) is 2.40. The van der Waals surface area contributed by atoms with E-state index < -0.39 is 0 Å². The van der Waals surface area contributed by atoms with Crippen LogP contribution in [0.15, 0.2) is 42.5 Å². The molecular weight excluding hydrogens is 220 g/mol. The number of hydrogen-bond acceptors (Lipinski definition) is 1. The molecule has 2 rings (SSSR count). The third-order valence-corrected chi connectivity index (χ3v) is 3.56. The zero-order chi connectivity index (χ0) is 13.3. The minimum absolute atomic E-state index is 0.100. The van der Waals surface area contributed by atoms with Crippen LogP contribution in [0.25, 0.3) is 0 Å². The number of phenolic OH excluding ortho intramolecular Hbond substituents is 1. The second-order valence-corrected chi connectivity index (χ2v) is 5.55. The van der Waals surface area contributed by atoms with Crippen molar-refractivity contribution in [2.75, 3.05) is 0 Å². The molecule has 1 nitrogen and oxygen atoms in total. The fraction of sp³-hybridized carbons (Fsp3) is 0.294. The lowest BCUT2D eigenvalue weighted by atomic mass is 9.77. The topological polar surface area (TPSA) is 20.2 Å². The number of aryl methyl sites for hydroxylation is 2. The van der Waals surface area contributed by atoms with Gasteiger partial charge in [-0.25, -0.2) is 0 Å². The Morgan fingerprint density at radius 1 is 0.778 bits per heavy atom. The summed E-state index contributed by atoms with van der Waals surface area (Å²) in [6, 6.07) is 14.4. The molecule has 18 heavy (non-hydrogen) atoms. The average Bonchev–Trinajstić information content (AvgIpc) is 2.28. The molecule has 0 heterocycles. The molecule has 0 amide bonds. The van der Waals surface area contributed by atoms with Crippen molar-refractivity contribution in [3.63, 3.8) is 0 Å². The molecule has 0 radical (unpaired) electrons. The maximum Gasteiger partial charge on any atom is 0.116 e. The van der Waals surface area contributed by atoms with Crippen molar-refractivity contribution in [1.29, 1.82) is 0 Å². The number of hydrogen-bond donors (Lipinski definition) is 1. The van der Waals surface area contributed by atoms with Crippen molar-refractivity contribution in [1.82, 2.24) is 0 Å². The van der Waals surface area contributed by atoms with Gasteiger partial charge in [-0.2, -0.15) is 0 Å². The molecule has 0 atom stereocenters. The van der Waals surface area contributed by atoms with Gasteiger partial charge in [-0.3, -0.25) is 0 Å². The maximum atomic E-state index is 9.75. The first-order valence-corrected chi connectivity index (χ1v) is 6.28. The maximum absolute atomic E-state index is 9.75. The van der Waals surface area contributed by atoms with E-state index in [0.29, 0.717) is 5.75 Å². The number of aromatic hydroxyl groups is 1. The van der Waals surface area contributed by atoms with Gasteiger partial charge in [0.2, 0.25) is 0 Å². The zero-order valence-electron chi connectivity index (χ0n) is 11.5. The lowest BCUT2D eigenvalue weighted by Gasteiger charge is -2.27. The summed E-state index contributed by atoms with van der Waals surface area (Å²) < 4.78 is 0. The van der Waals surface area contributed by atoms with Gasteiger partial charge in [0.25, 0.3) is 0 Å². The Balaban J connectivity index is 2.49. The van der Waals surface area contributed by atoms with Crippen molar-refractivity contribution in [2.24, 2.45) is 0 Å².